The van der Waals surface area contributed by atoms with Crippen molar-refractivity contribution < 1.29 is 22.4 Å². The number of rotatable bonds is 5. The first-order chi connectivity index (χ1) is 15.5. The largest absolute Gasteiger partial charge is 0.440 e. The second-order valence-corrected chi connectivity index (χ2v) is 8.41. The Morgan fingerprint density at radius 2 is 1.82 bits per heavy atom. The highest BCUT2D eigenvalue weighted by Gasteiger charge is 2.36. The minimum absolute atomic E-state index is 0.0328. The van der Waals surface area contributed by atoms with Gasteiger partial charge in [-0.3, -0.25) is 4.79 Å². The Balaban J connectivity index is 1.80. The minimum atomic E-state index is -4.58. The number of halogens is 5. The SMILES string of the molecule is Cc1nn2c(-c3ccc(Cl)cc3Cl)c(C)oc2c1C(=O)N(Cc1ccccc1)CC(F)(F)F. The molecule has 2 aromatic heterocycles. The molecule has 0 radical (unpaired) electrons. The van der Waals surface area contributed by atoms with Gasteiger partial charge in [-0.15, -0.1) is 0 Å². The van der Waals surface area contributed by atoms with Gasteiger partial charge in [-0.25, -0.2) is 0 Å². The van der Waals surface area contributed by atoms with Crippen LogP contribution < -0.4 is 0 Å². The second-order valence-electron chi connectivity index (χ2n) is 7.57. The number of carbonyl (C=O) groups is 1. The summed E-state index contributed by atoms with van der Waals surface area (Å²) in [6.45, 7) is 1.58. The van der Waals surface area contributed by atoms with Gasteiger partial charge in [0.1, 0.15) is 23.6 Å². The molecule has 2 heterocycles. The third-order valence-corrected chi connectivity index (χ3v) is 5.63. The van der Waals surface area contributed by atoms with E-state index in [1.807, 2.05) is 0 Å². The summed E-state index contributed by atoms with van der Waals surface area (Å²) >= 11 is 12.3. The molecule has 0 aliphatic carbocycles. The Bertz CT molecular complexity index is 1330. The average Bonchev–Trinajstić information content (AvgIpc) is 3.20. The van der Waals surface area contributed by atoms with Crippen LogP contribution in [0, 0.1) is 13.8 Å². The van der Waals surface area contributed by atoms with E-state index in [0.29, 0.717) is 32.6 Å². The van der Waals surface area contributed by atoms with Gasteiger partial charge in [0.15, 0.2) is 0 Å². The summed E-state index contributed by atoms with van der Waals surface area (Å²) in [7, 11) is 0. The lowest BCUT2D eigenvalue weighted by atomic mass is 10.1. The monoisotopic (exact) mass is 495 g/mol. The molecule has 33 heavy (non-hydrogen) atoms. The van der Waals surface area contributed by atoms with Crippen LogP contribution in [-0.2, 0) is 6.54 Å². The Labute approximate surface area is 197 Å². The molecular formula is C23H18Cl2F3N3O2. The number of oxazole rings is 1. The van der Waals surface area contributed by atoms with Crippen molar-refractivity contribution in [3.05, 3.63) is 81.2 Å². The first-order valence-electron chi connectivity index (χ1n) is 9.89. The van der Waals surface area contributed by atoms with Crippen LogP contribution in [0.5, 0.6) is 0 Å². The molecule has 0 unspecified atom stereocenters. The van der Waals surface area contributed by atoms with Crippen LogP contribution in [0.4, 0.5) is 13.2 Å². The lowest BCUT2D eigenvalue weighted by molar-refractivity contribution is -0.141. The molecule has 4 rings (SSSR count). The van der Waals surface area contributed by atoms with Crippen molar-refractivity contribution in [3.63, 3.8) is 0 Å². The topological polar surface area (TPSA) is 50.8 Å². The molecule has 172 valence electrons. The normalized spacial score (nSPS) is 11.8. The fourth-order valence-corrected chi connectivity index (χ4v) is 4.20. The zero-order valence-corrected chi connectivity index (χ0v) is 19.1. The molecule has 2 aromatic carbocycles. The summed E-state index contributed by atoms with van der Waals surface area (Å²) in [5, 5.41) is 5.17. The van der Waals surface area contributed by atoms with Crippen LogP contribution in [-0.4, -0.2) is 33.1 Å². The number of carbonyl (C=O) groups excluding carboxylic acids is 1. The van der Waals surface area contributed by atoms with Crippen molar-refractivity contribution in [1.29, 1.82) is 0 Å². The van der Waals surface area contributed by atoms with E-state index in [2.05, 4.69) is 5.10 Å². The Kier molecular flexibility index (Phi) is 6.16. The fraction of sp³-hybridized carbons (Fsp3) is 0.217. The number of aromatic nitrogens is 2. The van der Waals surface area contributed by atoms with E-state index in [0.717, 1.165) is 4.90 Å². The summed E-state index contributed by atoms with van der Waals surface area (Å²) in [5.74, 6) is -0.424. The minimum Gasteiger partial charge on any atom is -0.440 e. The molecule has 0 atom stereocenters. The molecule has 0 spiro atoms. The van der Waals surface area contributed by atoms with Crippen molar-refractivity contribution in [1.82, 2.24) is 14.5 Å². The van der Waals surface area contributed by atoms with E-state index in [-0.39, 0.29) is 23.5 Å². The molecule has 10 heteroatoms. The first kappa shape index (κ1) is 23.2. The van der Waals surface area contributed by atoms with Gasteiger partial charge in [0.25, 0.3) is 5.91 Å². The van der Waals surface area contributed by atoms with Crippen molar-refractivity contribution in [2.45, 2.75) is 26.6 Å². The van der Waals surface area contributed by atoms with Gasteiger partial charge in [-0.05, 0) is 37.6 Å². The van der Waals surface area contributed by atoms with Crippen LogP contribution in [0.3, 0.4) is 0 Å². The van der Waals surface area contributed by atoms with Crippen LogP contribution >= 0.6 is 23.2 Å². The van der Waals surface area contributed by atoms with E-state index in [1.54, 1.807) is 62.4 Å². The second kappa shape index (κ2) is 8.76. The number of hydrogen-bond donors (Lipinski definition) is 0. The number of benzene rings is 2. The zero-order valence-electron chi connectivity index (χ0n) is 17.6. The summed E-state index contributed by atoms with van der Waals surface area (Å²) in [6, 6.07) is 13.4. The lowest BCUT2D eigenvalue weighted by Gasteiger charge is -2.23. The zero-order chi connectivity index (χ0) is 23.9. The molecule has 0 N–H and O–H groups in total. The predicted molar refractivity (Wildman–Crippen MR) is 120 cm³/mol. The summed E-state index contributed by atoms with van der Waals surface area (Å²) in [5.41, 5.74) is 1.88. The summed E-state index contributed by atoms with van der Waals surface area (Å²) in [4.78, 5) is 14.1. The molecule has 0 bridgehead atoms. The van der Waals surface area contributed by atoms with E-state index in [4.69, 9.17) is 27.6 Å². The highest BCUT2D eigenvalue weighted by Crippen LogP contribution is 2.36. The lowest BCUT2D eigenvalue weighted by Crippen LogP contribution is -2.38. The van der Waals surface area contributed by atoms with E-state index >= 15 is 0 Å². The van der Waals surface area contributed by atoms with Gasteiger partial charge in [-0.1, -0.05) is 53.5 Å². The van der Waals surface area contributed by atoms with Gasteiger partial charge >= 0.3 is 6.18 Å². The van der Waals surface area contributed by atoms with Gasteiger partial charge in [0.05, 0.1) is 10.7 Å². The predicted octanol–water partition coefficient (Wildman–Crippen LogP) is 6.72. The number of fused-ring (bicyclic) bond motifs is 1. The van der Waals surface area contributed by atoms with Gasteiger partial charge < -0.3 is 9.32 Å². The van der Waals surface area contributed by atoms with Gasteiger partial charge in [0.2, 0.25) is 5.71 Å². The smallest absolute Gasteiger partial charge is 0.406 e. The number of alkyl halides is 3. The van der Waals surface area contributed by atoms with Gasteiger partial charge in [-0.2, -0.15) is 22.8 Å². The van der Waals surface area contributed by atoms with Crippen LogP contribution in [0.25, 0.3) is 17.0 Å². The highest BCUT2D eigenvalue weighted by molar-refractivity contribution is 6.36. The van der Waals surface area contributed by atoms with Crippen molar-refractivity contribution >= 4 is 34.8 Å². The maximum Gasteiger partial charge on any atom is 0.406 e. The number of nitrogens with zero attached hydrogens (tertiary/aromatic N) is 3. The van der Waals surface area contributed by atoms with E-state index in [9.17, 15) is 18.0 Å². The Morgan fingerprint density at radius 1 is 1.12 bits per heavy atom. The molecule has 0 fully saturated rings. The molecule has 0 saturated heterocycles. The molecule has 4 aromatic rings. The van der Waals surface area contributed by atoms with E-state index < -0.39 is 18.6 Å². The molecular weight excluding hydrogens is 478 g/mol. The maximum absolute atomic E-state index is 13.4. The summed E-state index contributed by atoms with van der Waals surface area (Å²) < 4.78 is 47.2. The van der Waals surface area contributed by atoms with Crippen molar-refractivity contribution in [2.75, 3.05) is 6.54 Å². The first-order valence-corrected chi connectivity index (χ1v) is 10.6. The number of hydrogen-bond acceptors (Lipinski definition) is 3. The fourth-order valence-electron chi connectivity index (χ4n) is 3.70. The van der Waals surface area contributed by atoms with Crippen LogP contribution in [0.2, 0.25) is 10.0 Å². The molecule has 1 amide bonds. The van der Waals surface area contributed by atoms with Gasteiger partial charge in [0, 0.05) is 17.1 Å². The number of aryl methyl sites for hydroxylation is 2. The van der Waals surface area contributed by atoms with Crippen LogP contribution in [0.1, 0.15) is 27.4 Å². The van der Waals surface area contributed by atoms with Crippen molar-refractivity contribution in [2.24, 2.45) is 0 Å². The maximum atomic E-state index is 13.4. The standard InChI is InChI=1S/C23H18Cl2F3N3O2/c1-13-19(21(32)30(12-23(26,27)28)11-15-6-4-3-5-7-15)22-31(29-13)20(14(2)33-22)17-9-8-16(24)10-18(17)25/h3-10H,11-12H2,1-2H3. The Morgan fingerprint density at radius 3 is 2.45 bits per heavy atom. The van der Waals surface area contributed by atoms with Crippen LogP contribution in [0.15, 0.2) is 52.9 Å². The Hall–Kier alpha value is -2.97. The average molecular weight is 496 g/mol. The third-order valence-electron chi connectivity index (χ3n) is 5.09. The van der Waals surface area contributed by atoms with Crippen molar-refractivity contribution in [3.8, 4) is 11.3 Å². The van der Waals surface area contributed by atoms with E-state index in [1.165, 1.54) is 4.52 Å². The molecule has 0 aliphatic rings. The molecule has 5 nitrogen and oxygen atoms in total. The molecule has 0 aliphatic heterocycles. The quantitative estimate of drug-likeness (QED) is 0.308. The highest BCUT2D eigenvalue weighted by atomic mass is 35.5. The molecule has 0 saturated carbocycles. The number of amides is 1. The third kappa shape index (κ3) is 4.72. The summed E-state index contributed by atoms with van der Waals surface area (Å²) in [6.07, 6.45) is -4.58.